The molecule has 0 aliphatic rings. The van der Waals surface area contributed by atoms with Gasteiger partial charge in [-0.2, -0.15) is 26.3 Å². The van der Waals surface area contributed by atoms with Crippen molar-refractivity contribution in [2.75, 3.05) is 14.2 Å². The lowest BCUT2D eigenvalue weighted by atomic mass is 10.00. The Bertz CT molecular complexity index is 494. The largest absolute Gasteiger partial charge is 0.416 e. The van der Waals surface area contributed by atoms with Crippen LogP contribution in [-0.4, -0.2) is 20.5 Å². The highest BCUT2D eigenvalue weighted by atomic mass is 79.9. The highest BCUT2D eigenvalue weighted by Gasteiger charge is 2.39. The van der Waals surface area contributed by atoms with Crippen LogP contribution in [0.2, 0.25) is 0 Å². The molecule has 0 aliphatic carbocycles. The summed E-state index contributed by atoms with van der Waals surface area (Å²) in [6.45, 7) is 0. The quantitative estimate of drug-likeness (QED) is 0.559. The first-order valence-electron chi connectivity index (χ1n) is 5.53. The van der Waals surface area contributed by atoms with Crippen LogP contribution in [0.4, 0.5) is 26.3 Å². The van der Waals surface area contributed by atoms with Crippen LogP contribution in [0.5, 0.6) is 0 Å². The second-order valence-electron chi connectivity index (χ2n) is 4.08. The van der Waals surface area contributed by atoms with Gasteiger partial charge in [0.15, 0.2) is 6.29 Å². The molecule has 0 aliphatic heterocycles. The van der Waals surface area contributed by atoms with Gasteiger partial charge in [-0.15, -0.1) is 0 Å². The van der Waals surface area contributed by atoms with E-state index in [0.717, 1.165) is 0 Å². The average Bonchev–Trinajstić information content (AvgIpc) is 2.34. The van der Waals surface area contributed by atoms with Gasteiger partial charge in [0.1, 0.15) is 0 Å². The summed E-state index contributed by atoms with van der Waals surface area (Å²) in [6, 6.07) is 0.690. The number of alkyl halides is 6. The van der Waals surface area contributed by atoms with Crippen LogP contribution in [0.25, 0.3) is 0 Å². The van der Waals surface area contributed by atoms with Gasteiger partial charge in [-0.25, -0.2) is 0 Å². The van der Waals surface area contributed by atoms with E-state index in [2.05, 4.69) is 15.9 Å². The maximum atomic E-state index is 13.0. The van der Waals surface area contributed by atoms with Crippen molar-refractivity contribution in [2.45, 2.75) is 25.1 Å². The minimum Gasteiger partial charge on any atom is -0.356 e. The summed E-state index contributed by atoms with van der Waals surface area (Å²) >= 11 is 2.76. The SMILES string of the molecule is COC(Cc1c(Br)cc(C(F)(F)F)cc1C(F)(F)F)OC. The van der Waals surface area contributed by atoms with Gasteiger partial charge in [0.25, 0.3) is 0 Å². The van der Waals surface area contributed by atoms with Crippen LogP contribution in [0, 0.1) is 0 Å². The van der Waals surface area contributed by atoms with Crippen LogP contribution in [0.1, 0.15) is 16.7 Å². The normalized spacial score (nSPS) is 13.0. The molecule has 1 aromatic carbocycles. The van der Waals surface area contributed by atoms with Crippen LogP contribution in [0.15, 0.2) is 16.6 Å². The summed E-state index contributed by atoms with van der Waals surface area (Å²) in [5.41, 5.74) is -3.11. The van der Waals surface area contributed by atoms with Gasteiger partial charge >= 0.3 is 12.4 Å². The molecule has 0 N–H and O–H groups in total. The lowest BCUT2D eigenvalue weighted by Crippen LogP contribution is -2.21. The average molecular weight is 381 g/mol. The Morgan fingerprint density at radius 1 is 1.00 bits per heavy atom. The summed E-state index contributed by atoms with van der Waals surface area (Å²) < 4.78 is 86.1. The van der Waals surface area contributed by atoms with E-state index in [1.807, 2.05) is 0 Å². The second-order valence-corrected chi connectivity index (χ2v) is 4.94. The van der Waals surface area contributed by atoms with Crippen LogP contribution in [-0.2, 0) is 28.2 Å². The zero-order valence-corrected chi connectivity index (χ0v) is 12.5. The van der Waals surface area contributed by atoms with E-state index < -0.39 is 29.8 Å². The highest BCUT2D eigenvalue weighted by molar-refractivity contribution is 9.10. The van der Waals surface area contributed by atoms with Gasteiger partial charge < -0.3 is 9.47 Å². The molecule has 1 rings (SSSR count). The molecule has 0 unspecified atom stereocenters. The summed E-state index contributed by atoms with van der Waals surface area (Å²) in [4.78, 5) is 0. The Hall–Kier alpha value is -0.800. The van der Waals surface area contributed by atoms with Crippen molar-refractivity contribution >= 4 is 15.9 Å². The number of halogens is 7. The molecule has 0 spiro atoms. The third kappa shape index (κ3) is 4.58. The first-order chi connectivity index (χ1) is 9.50. The molecule has 9 heteroatoms. The van der Waals surface area contributed by atoms with E-state index in [1.165, 1.54) is 14.2 Å². The van der Waals surface area contributed by atoms with Gasteiger partial charge in [0.05, 0.1) is 11.1 Å². The molecule has 0 bridgehead atoms. The maximum absolute atomic E-state index is 13.0. The molecular weight excluding hydrogens is 370 g/mol. The lowest BCUT2D eigenvalue weighted by molar-refractivity contribution is -0.144. The molecule has 0 heterocycles. The number of hydrogen-bond donors (Lipinski definition) is 0. The van der Waals surface area contributed by atoms with Gasteiger partial charge in [-0.05, 0) is 17.7 Å². The molecule has 0 saturated carbocycles. The van der Waals surface area contributed by atoms with E-state index in [4.69, 9.17) is 9.47 Å². The van der Waals surface area contributed by atoms with Crippen LogP contribution < -0.4 is 0 Å². The second kappa shape index (κ2) is 6.53. The Labute approximate surface area is 125 Å². The fraction of sp³-hybridized carbons (Fsp3) is 0.500. The minimum atomic E-state index is -4.93. The summed E-state index contributed by atoms with van der Waals surface area (Å²) in [5, 5.41) is 0. The zero-order valence-electron chi connectivity index (χ0n) is 10.9. The molecule has 0 fully saturated rings. The van der Waals surface area contributed by atoms with Crippen molar-refractivity contribution in [3.63, 3.8) is 0 Å². The van der Waals surface area contributed by atoms with E-state index in [9.17, 15) is 26.3 Å². The lowest BCUT2D eigenvalue weighted by Gasteiger charge is -2.20. The topological polar surface area (TPSA) is 18.5 Å². The third-order valence-electron chi connectivity index (χ3n) is 2.72. The highest BCUT2D eigenvalue weighted by Crippen LogP contribution is 2.41. The van der Waals surface area contributed by atoms with Crippen molar-refractivity contribution in [3.05, 3.63) is 33.3 Å². The summed E-state index contributed by atoms with van der Waals surface area (Å²) in [6.07, 6.45) is -11.1. The van der Waals surface area contributed by atoms with Gasteiger partial charge in [0.2, 0.25) is 0 Å². The van der Waals surface area contributed by atoms with Gasteiger partial charge in [-0.3, -0.25) is 0 Å². The Balaban J connectivity index is 3.42. The van der Waals surface area contributed by atoms with Gasteiger partial charge in [-0.1, -0.05) is 15.9 Å². The zero-order chi connectivity index (χ0) is 16.4. The number of benzene rings is 1. The van der Waals surface area contributed by atoms with Crippen LogP contribution in [0.3, 0.4) is 0 Å². The number of rotatable bonds is 4. The van der Waals surface area contributed by atoms with Crippen molar-refractivity contribution < 1.29 is 35.8 Å². The Morgan fingerprint density at radius 3 is 1.90 bits per heavy atom. The molecule has 1 aromatic rings. The van der Waals surface area contributed by atoms with Crippen LogP contribution >= 0.6 is 15.9 Å². The van der Waals surface area contributed by atoms with E-state index in [-0.39, 0.29) is 22.5 Å². The number of hydrogen-bond acceptors (Lipinski definition) is 2. The molecular formula is C12H11BrF6O2. The molecule has 0 amide bonds. The van der Waals surface area contributed by atoms with E-state index in [1.54, 1.807) is 0 Å². The summed E-state index contributed by atoms with van der Waals surface area (Å²) in [5.74, 6) is 0. The van der Waals surface area contributed by atoms with Gasteiger partial charge in [0, 0.05) is 25.1 Å². The van der Waals surface area contributed by atoms with E-state index in [0.29, 0.717) is 6.07 Å². The third-order valence-corrected chi connectivity index (χ3v) is 3.43. The number of methoxy groups -OCH3 is 2. The molecule has 2 nitrogen and oxygen atoms in total. The molecule has 0 radical (unpaired) electrons. The molecule has 0 atom stereocenters. The Kier molecular flexibility index (Phi) is 5.68. The minimum absolute atomic E-state index is 0.0858. The summed E-state index contributed by atoms with van der Waals surface area (Å²) in [7, 11) is 2.44. The maximum Gasteiger partial charge on any atom is 0.416 e. The van der Waals surface area contributed by atoms with Crippen molar-refractivity contribution in [1.82, 2.24) is 0 Å². The standard InChI is InChI=1S/C12H11BrF6O2/c1-20-10(21-2)5-7-8(12(17,18)19)3-6(4-9(7)13)11(14,15)16/h3-4,10H,5H2,1-2H3. The molecule has 0 aromatic heterocycles. The predicted octanol–water partition coefficient (Wildman–Crippen LogP) is 4.65. The monoisotopic (exact) mass is 380 g/mol. The smallest absolute Gasteiger partial charge is 0.356 e. The van der Waals surface area contributed by atoms with E-state index >= 15 is 0 Å². The molecule has 21 heavy (non-hydrogen) atoms. The fourth-order valence-corrected chi connectivity index (χ4v) is 2.31. The first-order valence-corrected chi connectivity index (χ1v) is 6.32. The first kappa shape index (κ1) is 18.2. The molecule has 120 valence electrons. The fourth-order valence-electron chi connectivity index (χ4n) is 1.69. The number of ether oxygens (including phenoxy) is 2. The van der Waals surface area contributed by atoms with Crippen molar-refractivity contribution in [3.8, 4) is 0 Å². The Morgan fingerprint density at radius 2 is 1.52 bits per heavy atom. The van der Waals surface area contributed by atoms with Crippen molar-refractivity contribution in [2.24, 2.45) is 0 Å². The molecule has 0 saturated heterocycles. The van der Waals surface area contributed by atoms with Crippen molar-refractivity contribution in [1.29, 1.82) is 0 Å². The predicted molar refractivity (Wildman–Crippen MR) is 65.7 cm³/mol.